The summed E-state index contributed by atoms with van der Waals surface area (Å²) in [6, 6.07) is 0. The van der Waals surface area contributed by atoms with Gasteiger partial charge in [-0.25, -0.2) is 4.57 Å². The van der Waals surface area contributed by atoms with E-state index in [2.05, 4.69) is 9.72 Å². The van der Waals surface area contributed by atoms with E-state index in [-0.39, 0.29) is 5.97 Å². The number of halogens is 4. The first-order chi connectivity index (χ1) is 7.66. The van der Waals surface area contributed by atoms with Gasteiger partial charge in [-0.1, -0.05) is 0 Å². The molecule has 0 atom stereocenters. The number of carbonyl (C=O) groups is 1. The van der Waals surface area contributed by atoms with E-state index in [0.717, 1.165) is 0 Å². The molecule has 1 heterocycles. The Kier molecular flexibility index (Phi) is 10.2. The molecule has 1 aromatic rings. The first kappa shape index (κ1) is 17.8. The number of esters is 1. The van der Waals surface area contributed by atoms with Gasteiger partial charge in [0.05, 0.1) is 13.7 Å². The van der Waals surface area contributed by atoms with Gasteiger partial charge >= 0.3 is 13.2 Å². The monoisotopic (exact) mass is 258 g/mol. The average Bonchev–Trinajstić information content (AvgIpc) is 2.53. The van der Waals surface area contributed by atoms with E-state index in [1.54, 1.807) is 6.92 Å². The number of hydrogen-bond donors (Lipinski definition) is 1. The fourth-order valence-electron chi connectivity index (χ4n) is 0.568. The molecule has 1 rings (SSSR count). The maximum absolute atomic E-state index is 9.82. The third-order valence-corrected chi connectivity index (χ3v) is 1.03. The number of nitrogens with one attached hydrogen (secondary N) is 1. The van der Waals surface area contributed by atoms with Crippen LogP contribution < -0.4 is 4.57 Å². The summed E-state index contributed by atoms with van der Waals surface area (Å²) < 4.78 is 45.3. The fraction of sp³-hybridized carbons (Fsp3) is 0.500. The molecule has 1 N–H and O–H groups in total. The van der Waals surface area contributed by atoms with Gasteiger partial charge in [0.1, 0.15) is 12.4 Å². The van der Waals surface area contributed by atoms with Crippen molar-refractivity contribution in [2.45, 2.75) is 13.8 Å². The minimum absolute atomic E-state index is 0.211. The van der Waals surface area contributed by atoms with Gasteiger partial charge in [0.25, 0.3) is 0 Å². The van der Waals surface area contributed by atoms with Crippen LogP contribution in [0.15, 0.2) is 18.7 Å². The molecule has 1 aromatic heterocycles. The van der Waals surface area contributed by atoms with Gasteiger partial charge in [0.15, 0.2) is 0 Å². The number of aromatic nitrogens is 2. The van der Waals surface area contributed by atoms with Crippen LogP contribution in [0.3, 0.4) is 0 Å². The Hall–Kier alpha value is -1.54. The molecule has 0 radical (unpaired) electrons. The van der Waals surface area contributed by atoms with E-state index < -0.39 is 7.25 Å². The van der Waals surface area contributed by atoms with Crippen LogP contribution in [0.25, 0.3) is 0 Å². The summed E-state index contributed by atoms with van der Waals surface area (Å²) >= 11 is 0. The lowest BCUT2D eigenvalue weighted by molar-refractivity contribution is -0.670. The fourth-order valence-corrected chi connectivity index (χ4v) is 0.568. The highest BCUT2D eigenvalue weighted by Crippen LogP contribution is 2.06. The number of nitrogens with zero attached hydrogens (tertiary/aromatic N) is 1. The van der Waals surface area contributed by atoms with E-state index in [0.29, 0.717) is 6.61 Å². The third kappa shape index (κ3) is 31.4. The van der Waals surface area contributed by atoms with E-state index in [4.69, 9.17) is 0 Å². The molecule has 0 aliphatic rings. The van der Waals surface area contributed by atoms with Crippen LogP contribution in [-0.2, 0) is 16.6 Å². The molecule has 0 aliphatic carbocycles. The summed E-state index contributed by atoms with van der Waals surface area (Å²) in [5, 5.41) is 0. The van der Waals surface area contributed by atoms with Gasteiger partial charge in [-0.3, -0.25) is 9.78 Å². The van der Waals surface area contributed by atoms with Crippen molar-refractivity contribution in [2.75, 3.05) is 6.61 Å². The van der Waals surface area contributed by atoms with Crippen molar-refractivity contribution in [1.82, 2.24) is 4.98 Å². The van der Waals surface area contributed by atoms with Crippen LogP contribution in [-0.4, -0.2) is 24.8 Å². The molecule has 4 nitrogen and oxygen atoms in total. The molecule has 100 valence electrons. The molecule has 9 heteroatoms. The molecule has 0 bridgehead atoms. The van der Waals surface area contributed by atoms with Crippen molar-refractivity contribution < 1.29 is 31.4 Å². The van der Waals surface area contributed by atoms with Crippen molar-refractivity contribution in [2.24, 2.45) is 7.05 Å². The largest absolute Gasteiger partial charge is 0.673 e. The standard InChI is InChI=1S/C4H6N2.C4H8O2.BF4/c1-6-3-2-5-4-6;1-3-6-4(2)5;2-1(3,4)5/h2-4H,1H3;3H2,1-2H3;/q;;-1/p+1. The van der Waals surface area contributed by atoms with Gasteiger partial charge in [-0.2, -0.15) is 0 Å². The van der Waals surface area contributed by atoms with Crippen LogP contribution in [0.2, 0.25) is 0 Å². The molecular formula is C8H15BF4N2O2. The number of ether oxygens (including phenoxy) is 1. The summed E-state index contributed by atoms with van der Waals surface area (Å²) in [5.41, 5.74) is 0. The Labute approximate surface area is 96.7 Å². The molecule has 0 spiro atoms. The van der Waals surface area contributed by atoms with Crippen molar-refractivity contribution in [1.29, 1.82) is 0 Å². The SMILES string of the molecule is CCOC(C)=O.C[n+]1cc[nH]c1.F[B-](F)(F)F. The maximum Gasteiger partial charge on any atom is 0.673 e. The maximum atomic E-state index is 9.82. The highest BCUT2D eigenvalue weighted by molar-refractivity contribution is 6.50. The predicted octanol–water partition coefficient (Wildman–Crippen LogP) is 1.71. The first-order valence-electron chi connectivity index (χ1n) is 4.65. The summed E-state index contributed by atoms with van der Waals surface area (Å²) in [5.74, 6) is -0.211. The molecule has 17 heavy (non-hydrogen) atoms. The molecule has 0 saturated heterocycles. The summed E-state index contributed by atoms with van der Waals surface area (Å²) in [4.78, 5) is 12.7. The Bertz CT molecular complexity index is 284. The van der Waals surface area contributed by atoms with E-state index in [9.17, 15) is 22.1 Å². The molecular weight excluding hydrogens is 243 g/mol. The number of aryl methyl sites for hydroxylation is 1. The zero-order valence-corrected chi connectivity index (χ0v) is 9.79. The highest BCUT2D eigenvalue weighted by atomic mass is 19.5. The van der Waals surface area contributed by atoms with E-state index in [1.165, 1.54) is 6.92 Å². The lowest BCUT2D eigenvalue weighted by Crippen LogP contribution is -2.22. The van der Waals surface area contributed by atoms with Gasteiger partial charge in [0.2, 0.25) is 6.33 Å². The Morgan fingerprint density at radius 3 is 1.94 bits per heavy atom. The van der Waals surface area contributed by atoms with Crippen LogP contribution in [0.1, 0.15) is 13.8 Å². The van der Waals surface area contributed by atoms with Crippen LogP contribution >= 0.6 is 0 Å². The van der Waals surface area contributed by atoms with Crippen molar-refractivity contribution in [3.8, 4) is 0 Å². The quantitative estimate of drug-likeness (QED) is 0.360. The number of H-pyrrole nitrogens is 1. The minimum atomic E-state index is -6.00. The summed E-state index contributed by atoms with van der Waals surface area (Å²) in [6.07, 6.45) is 5.69. The number of aromatic amines is 1. The lowest BCUT2D eigenvalue weighted by atomic mass is 10.3. The normalized spacial score (nSPS) is 9.35. The molecule has 0 fully saturated rings. The Morgan fingerprint density at radius 2 is 1.88 bits per heavy atom. The van der Waals surface area contributed by atoms with Gasteiger partial charge in [-0.05, 0) is 6.92 Å². The third-order valence-electron chi connectivity index (χ3n) is 1.03. The van der Waals surface area contributed by atoms with E-state index >= 15 is 0 Å². The molecule has 0 aromatic carbocycles. The Balaban J connectivity index is 0. The van der Waals surface area contributed by atoms with Crippen LogP contribution in [0.5, 0.6) is 0 Å². The smallest absolute Gasteiger partial charge is 0.466 e. The first-order valence-corrected chi connectivity index (χ1v) is 4.65. The van der Waals surface area contributed by atoms with E-state index in [1.807, 2.05) is 30.3 Å². The molecule has 0 unspecified atom stereocenters. The summed E-state index contributed by atoms with van der Waals surface area (Å²) in [6.45, 7) is 3.65. The van der Waals surface area contributed by atoms with Crippen molar-refractivity contribution >= 4 is 13.2 Å². The molecule has 0 amide bonds. The highest BCUT2D eigenvalue weighted by Gasteiger charge is 2.20. The number of imidazole rings is 1. The summed E-state index contributed by atoms with van der Waals surface area (Å²) in [7, 11) is -4.03. The topological polar surface area (TPSA) is 46.0 Å². The molecule has 0 aliphatic heterocycles. The zero-order valence-electron chi connectivity index (χ0n) is 9.79. The van der Waals surface area contributed by atoms with Gasteiger partial charge < -0.3 is 22.0 Å². The van der Waals surface area contributed by atoms with Crippen LogP contribution in [0, 0.1) is 0 Å². The van der Waals surface area contributed by atoms with Crippen LogP contribution in [0.4, 0.5) is 17.3 Å². The molecule has 0 saturated carbocycles. The second-order valence-electron chi connectivity index (χ2n) is 2.70. The van der Waals surface area contributed by atoms with Crippen molar-refractivity contribution in [3.63, 3.8) is 0 Å². The number of hydrogen-bond acceptors (Lipinski definition) is 2. The van der Waals surface area contributed by atoms with Crippen molar-refractivity contribution in [3.05, 3.63) is 18.7 Å². The lowest BCUT2D eigenvalue weighted by Gasteiger charge is -1.94. The zero-order chi connectivity index (χ0) is 13.9. The van der Waals surface area contributed by atoms with Gasteiger partial charge in [-0.15, -0.1) is 0 Å². The second-order valence-corrected chi connectivity index (χ2v) is 2.70. The number of rotatable bonds is 1. The minimum Gasteiger partial charge on any atom is -0.466 e. The Morgan fingerprint density at radius 1 is 1.41 bits per heavy atom. The average molecular weight is 258 g/mol. The second kappa shape index (κ2) is 9.67. The van der Waals surface area contributed by atoms with Gasteiger partial charge in [0, 0.05) is 6.92 Å². The predicted molar refractivity (Wildman–Crippen MR) is 54.5 cm³/mol. The number of carbonyl (C=O) groups excluding carboxylic acids is 1.